The van der Waals surface area contributed by atoms with Crippen molar-refractivity contribution < 1.29 is 0 Å². The zero-order valence-corrected chi connectivity index (χ0v) is 10.5. The molecule has 0 aliphatic rings. The van der Waals surface area contributed by atoms with Crippen LogP contribution in [-0.4, -0.2) is 30.6 Å². The molecule has 0 atom stereocenters. The van der Waals surface area contributed by atoms with Gasteiger partial charge in [0.2, 0.25) is 0 Å². The first-order valence-electron chi connectivity index (χ1n) is 5.72. The molecule has 0 unspecified atom stereocenters. The topological polar surface area (TPSA) is 60.6 Å². The Morgan fingerprint density at radius 3 is 2.88 bits per heavy atom. The van der Waals surface area contributed by atoms with E-state index in [1.165, 1.54) is 0 Å². The lowest BCUT2D eigenvalue weighted by Crippen LogP contribution is -2.21. The third kappa shape index (κ3) is 3.13. The van der Waals surface area contributed by atoms with Gasteiger partial charge in [-0.25, -0.2) is 9.67 Å². The van der Waals surface area contributed by atoms with E-state index in [4.69, 9.17) is 0 Å². The molecule has 0 aliphatic heterocycles. The van der Waals surface area contributed by atoms with E-state index in [0.29, 0.717) is 12.6 Å². The summed E-state index contributed by atoms with van der Waals surface area (Å²) in [5.41, 5.74) is 2.07. The molecule has 2 rings (SSSR count). The van der Waals surface area contributed by atoms with Gasteiger partial charge in [0.05, 0.1) is 36.7 Å². The maximum absolute atomic E-state index is 4.12. The molecule has 2 heterocycles. The number of hydrogen-bond donors (Lipinski definition) is 1. The number of nitrogens with one attached hydrogen (secondary N) is 1. The Morgan fingerprint density at radius 1 is 1.41 bits per heavy atom. The van der Waals surface area contributed by atoms with Gasteiger partial charge in [-0.15, -0.1) is 5.10 Å². The van der Waals surface area contributed by atoms with Crippen molar-refractivity contribution in [3.63, 3.8) is 0 Å². The van der Waals surface area contributed by atoms with E-state index in [-0.39, 0.29) is 0 Å². The lowest BCUT2D eigenvalue weighted by Gasteiger charge is -2.04. The van der Waals surface area contributed by atoms with Crippen LogP contribution in [0.3, 0.4) is 0 Å². The number of imidazole rings is 1. The first-order valence-corrected chi connectivity index (χ1v) is 5.72. The average molecular weight is 234 g/mol. The van der Waals surface area contributed by atoms with Crippen LogP contribution < -0.4 is 5.32 Å². The van der Waals surface area contributed by atoms with Crippen LogP contribution in [0.1, 0.15) is 25.2 Å². The fourth-order valence-electron chi connectivity index (χ4n) is 1.51. The molecule has 2 aromatic rings. The van der Waals surface area contributed by atoms with Crippen molar-refractivity contribution in [3.8, 4) is 0 Å². The highest BCUT2D eigenvalue weighted by Crippen LogP contribution is 2.01. The van der Waals surface area contributed by atoms with E-state index in [1.54, 1.807) is 6.33 Å². The largest absolute Gasteiger partial charge is 0.336 e. The predicted octanol–water partition coefficient (Wildman–Crippen LogP) is 0.558. The Bertz CT molecular complexity index is 470. The van der Waals surface area contributed by atoms with E-state index in [0.717, 1.165) is 17.9 Å². The Morgan fingerprint density at radius 2 is 2.24 bits per heavy atom. The van der Waals surface area contributed by atoms with Crippen molar-refractivity contribution in [2.24, 2.45) is 7.05 Å². The maximum atomic E-state index is 4.12. The zero-order chi connectivity index (χ0) is 12.3. The molecule has 0 radical (unpaired) electrons. The molecule has 0 saturated heterocycles. The fraction of sp³-hybridized carbons (Fsp3) is 0.545. The first kappa shape index (κ1) is 11.8. The fourth-order valence-corrected chi connectivity index (χ4v) is 1.51. The van der Waals surface area contributed by atoms with Gasteiger partial charge in [-0.2, -0.15) is 0 Å². The highest BCUT2D eigenvalue weighted by Gasteiger charge is 2.04. The Balaban J connectivity index is 1.97. The van der Waals surface area contributed by atoms with Crippen molar-refractivity contribution in [2.45, 2.75) is 33.0 Å². The zero-order valence-electron chi connectivity index (χ0n) is 10.5. The molecule has 0 fully saturated rings. The second kappa shape index (κ2) is 5.09. The molecule has 0 spiro atoms. The van der Waals surface area contributed by atoms with Crippen LogP contribution in [0.4, 0.5) is 0 Å². The summed E-state index contributed by atoms with van der Waals surface area (Å²) < 4.78 is 3.81. The van der Waals surface area contributed by atoms with Crippen LogP contribution in [0, 0.1) is 0 Å². The van der Waals surface area contributed by atoms with Crippen LogP contribution in [0.25, 0.3) is 0 Å². The van der Waals surface area contributed by atoms with Gasteiger partial charge in [-0.1, -0.05) is 19.1 Å². The predicted molar refractivity (Wildman–Crippen MR) is 64.3 cm³/mol. The van der Waals surface area contributed by atoms with Gasteiger partial charge in [0, 0.05) is 19.6 Å². The van der Waals surface area contributed by atoms with Gasteiger partial charge in [0.15, 0.2) is 0 Å². The number of aryl methyl sites for hydroxylation is 1. The van der Waals surface area contributed by atoms with E-state index in [2.05, 4.69) is 34.5 Å². The second-order valence-electron chi connectivity index (χ2n) is 4.44. The summed E-state index contributed by atoms with van der Waals surface area (Å²) in [4.78, 5) is 4.07. The first-order chi connectivity index (χ1) is 8.15. The summed E-state index contributed by atoms with van der Waals surface area (Å²) in [6.07, 6.45) is 5.59. The molecular formula is C11H18N6. The van der Waals surface area contributed by atoms with E-state index in [9.17, 15) is 0 Å². The number of nitrogens with zero attached hydrogens (tertiary/aromatic N) is 5. The Hall–Kier alpha value is -1.69. The Labute approximate surface area is 101 Å². The van der Waals surface area contributed by atoms with Gasteiger partial charge in [-0.05, 0) is 0 Å². The minimum Gasteiger partial charge on any atom is -0.336 e. The minimum absolute atomic E-state index is 0.456. The molecule has 17 heavy (non-hydrogen) atoms. The summed E-state index contributed by atoms with van der Waals surface area (Å²) in [6, 6.07) is 0.456. The molecule has 92 valence electrons. The third-order valence-electron chi connectivity index (χ3n) is 2.52. The quantitative estimate of drug-likeness (QED) is 0.821. The monoisotopic (exact) mass is 234 g/mol. The maximum Gasteiger partial charge on any atom is 0.0965 e. The average Bonchev–Trinajstić information content (AvgIpc) is 2.87. The molecule has 2 aromatic heterocycles. The van der Waals surface area contributed by atoms with Crippen LogP contribution in [0.5, 0.6) is 0 Å². The summed E-state index contributed by atoms with van der Waals surface area (Å²) in [5.74, 6) is 0. The Kier molecular flexibility index (Phi) is 3.53. The number of rotatable bonds is 5. The van der Waals surface area contributed by atoms with E-state index >= 15 is 0 Å². The van der Waals surface area contributed by atoms with Gasteiger partial charge in [0.25, 0.3) is 0 Å². The standard InChI is InChI=1S/C11H18N6/c1-9(2)13-4-10-6-17(15-14-10)7-11-5-12-8-16(11)3/h5-6,8-9,13H,4,7H2,1-3H3. The highest BCUT2D eigenvalue weighted by molar-refractivity contribution is 5.00. The van der Waals surface area contributed by atoms with E-state index < -0.39 is 0 Å². The molecule has 0 saturated carbocycles. The summed E-state index contributed by atoms with van der Waals surface area (Å²) in [7, 11) is 1.97. The molecule has 0 aliphatic carbocycles. The lowest BCUT2D eigenvalue weighted by molar-refractivity contribution is 0.580. The van der Waals surface area contributed by atoms with Crippen molar-refractivity contribution in [2.75, 3.05) is 0 Å². The summed E-state index contributed by atoms with van der Waals surface area (Å²) >= 11 is 0. The van der Waals surface area contributed by atoms with Gasteiger partial charge in [0.1, 0.15) is 0 Å². The lowest BCUT2D eigenvalue weighted by atomic mass is 10.3. The smallest absolute Gasteiger partial charge is 0.0965 e. The van der Waals surface area contributed by atoms with Crippen LogP contribution >= 0.6 is 0 Å². The SMILES string of the molecule is CC(C)NCc1cn(Cc2cncn2C)nn1. The summed E-state index contributed by atoms with van der Waals surface area (Å²) in [6.45, 7) is 5.67. The normalized spacial score (nSPS) is 11.3. The molecule has 0 aromatic carbocycles. The molecule has 6 heteroatoms. The van der Waals surface area contributed by atoms with Gasteiger partial charge >= 0.3 is 0 Å². The van der Waals surface area contributed by atoms with Crippen molar-refractivity contribution in [1.29, 1.82) is 0 Å². The molecule has 1 N–H and O–H groups in total. The van der Waals surface area contributed by atoms with E-state index in [1.807, 2.05) is 28.7 Å². The van der Waals surface area contributed by atoms with Crippen molar-refractivity contribution in [1.82, 2.24) is 29.9 Å². The minimum atomic E-state index is 0.456. The van der Waals surface area contributed by atoms with Gasteiger partial charge < -0.3 is 9.88 Å². The van der Waals surface area contributed by atoms with Crippen LogP contribution in [-0.2, 0) is 20.1 Å². The number of aromatic nitrogens is 5. The second-order valence-corrected chi connectivity index (χ2v) is 4.44. The third-order valence-corrected chi connectivity index (χ3v) is 2.52. The molecule has 0 bridgehead atoms. The van der Waals surface area contributed by atoms with Crippen molar-refractivity contribution >= 4 is 0 Å². The molecule has 6 nitrogen and oxygen atoms in total. The molecule has 0 amide bonds. The van der Waals surface area contributed by atoms with Crippen LogP contribution in [0.15, 0.2) is 18.7 Å². The van der Waals surface area contributed by atoms with Gasteiger partial charge in [-0.3, -0.25) is 0 Å². The molecular weight excluding hydrogens is 216 g/mol. The van der Waals surface area contributed by atoms with Crippen LogP contribution in [0.2, 0.25) is 0 Å². The summed E-state index contributed by atoms with van der Waals surface area (Å²) in [5, 5.41) is 11.5. The number of hydrogen-bond acceptors (Lipinski definition) is 4. The van der Waals surface area contributed by atoms with Crippen molar-refractivity contribution in [3.05, 3.63) is 30.1 Å². The highest BCUT2D eigenvalue weighted by atomic mass is 15.4.